The van der Waals surface area contributed by atoms with Gasteiger partial charge in [-0.15, -0.1) is 3.94 Å². The third kappa shape index (κ3) is 3.99. The summed E-state index contributed by atoms with van der Waals surface area (Å²) in [5, 5.41) is 0. The largest absolute Gasteiger partial charge is 0.215 e. The number of sulfonamides is 1. The van der Waals surface area contributed by atoms with Crippen LogP contribution in [0.5, 0.6) is 0 Å². The topological polar surface area (TPSA) is 40.6 Å². The van der Waals surface area contributed by atoms with E-state index >= 15 is 0 Å². The summed E-state index contributed by atoms with van der Waals surface area (Å²) < 4.78 is 24.9. The van der Waals surface area contributed by atoms with Gasteiger partial charge >= 0.3 is 0 Å². The highest BCUT2D eigenvalue weighted by Gasteiger charge is 2.32. The highest BCUT2D eigenvalue weighted by molar-refractivity contribution is 7.89. The lowest BCUT2D eigenvalue weighted by atomic mass is 10.1. The fourth-order valence-corrected chi connectivity index (χ4v) is 2.17. The number of hydrogen-bond donors (Lipinski definition) is 0. The van der Waals surface area contributed by atoms with Crippen molar-refractivity contribution in [3.8, 4) is 0 Å². The van der Waals surface area contributed by atoms with Gasteiger partial charge in [0.05, 0.1) is 11.3 Å². The molecule has 0 aliphatic rings. The Morgan fingerprint density at radius 2 is 1.62 bits per heavy atom. The van der Waals surface area contributed by atoms with Crippen molar-refractivity contribution >= 4 is 33.6 Å². The van der Waals surface area contributed by atoms with Crippen LogP contribution < -0.4 is 0 Å². The summed E-state index contributed by atoms with van der Waals surface area (Å²) in [6.07, 6.45) is 0. The molecule has 0 rings (SSSR count). The first-order chi connectivity index (χ1) is 5.59. The summed E-state index contributed by atoms with van der Waals surface area (Å²) in [6.45, 7) is 3.29. The zero-order chi connectivity index (χ0) is 10.9. The average Bonchev–Trinajstić information content (AvgIpc) is 1.83. The van der Waals surface area contributed by atoms with Crippen LogP contribution in [0.2, 0.25) is 0 Å². The van der Waals surface area contributed by atoms with Crippen molar-refractivity contribution in [2.24, 2.45) is 0 Å². The molecule has 0 saturated carbocycles. The third-order valence-electron chi connectivity index (χ3n) is 1.55. The molecule has 80 valence electrons. The molecule has 7 heteroatoms. The maximum absolute atomic E-state index is 11.4. The lowest BCUT2D eigenvalue weighted by Crippen LogP contribution is -2.42. The van der Waals surface area contributed by atoms with Crippen molar-refractivity contribution < 1.29 is 8.42 Å². The van der Waals surface area contributed by atoms with E-state index in [-0.39, 0.29) is 5.75 Å². The fourth-order valence-electron chi connectivity index (χ4n) is 0.624. The normalized spacial score (nSPS) is 14.2. The van der Waals surface area contributed by atoms with E-state index in [1.165, 1.54) is 14.1 Å². The lowest BCUT2D eigenvalue weighted by Gasteiger charge is -2.28. The molecule has 0 aliphatic carbocycles. The maximum atomic E-state index is 11.4. The van der Waals surface area contributed by atoms with Crippen LogP contribution in [0.1, 0.15) is 13.8 Å². The van der Waals surface area contributed by atoms with Crippen molar-refractivity contribution in [1.29, 1.82) is 0 Å². The van der Waals surface area contributed by atoms with E-state index in [4.69, 9.17) is 23.6 Å². The van der Waals surface area contributed by atoms with Crippen LogP contribution in [0.4, 0.5) is 0 Å². The minimum Gasteiger partial charge on any atom is -0.212 e. The highest BCUT2D eigenvalue weighted by atomic mass is 35.5. The third-order valence-corrected chi connectivity index (χ3v) is 4.65. The van der Waals surface area contributed by atoms with Crippen LogP contribution in [-0.2, 0) is 10.0 Å². The first-order valence-corrected chi connectivity index (χ1v) is 5.90. The zero-order valence-electron chi connectivity index (χ0n) is 8.08. The molecular weight excluding hydrogens is 235 g/mol. The number of halogens is 2. The van der Waals surface area contributed by atoms with Gasteiger partial charge in [-0.2, -0.15) is 0 Å². The highest BCUT2D eigenvalue weighted by Crippen LogP contribution is 2.22. The van der Waals surface area contributed by atoms with Gasteiger partial charge in [-0.05, 0) is 37.4 Å². The summed E-state index contributed by atoms with van der Waals surface area (Å²) in [5.74, 6) is -0.125. The molecule has 0 spiro atoms. The average molecular weight is 249 g/mol. The van der Waals surface area contributed by atoms with E-state index < -0.39 is 15.6 Å². The molecule has 0 bridgehead atoms. The SMILES string of the molecule is CN(C)S(=O)(=O)CC(C)(C)N(Cl)Cl. The lowest BCUT2D eigenvalue weighted by molar-refractivity contribution is 0.382. The van der Waals surface area contributed by atoms with Gasteiger partial charge in [0.25, 0.3) is 0 Å². The molecule has 0 N–H and O–H groups in total. The molecule has 0 amide bonds. The Kier molecular flexibility index (Phi) is 4.46. The molecule has 4 nitrogen and oxygen atoms in total. The molecular formula is C6H14Cl2N2O2S. The minimum atomic E-state index is -3.28. The number of rotatable bonds is 4. The van der Waals surface area contributed by atoms with Crippen LogP contribution in [0.15, 0.2) is 0 Å². The molecule has 0 atom stereocenters. The molecule has 0 aromatic heterocycles. The van der Waals surface area contributed by atoms with Crippen LogP contribution >= 0.6 is 23.6 Å². The predicted molar refractivity (Wildman–Crippen MR) is 55.1 cm³/mol. The Balaban J connectivity index is 4.63. The second-order valence-electron chi connectivity index (χ2n) is 3.58. The van der Waals surface area contributed by atoms with Crippen molar-refractivity contribution in [2.45, 2.75) is 19.4 Å². The standard InChI is InChI=1S/C6H14Cl2N2O2S/c1-6(2,10(7)8)5-13(11,12)9(3)4/h5H2,1-4H3. The van der Waals surface area contributed by atoms with Crippen molar-refractivity contribution in [1.82, 2.24) is 8.24 Å². The summed E-state index contributed by atoms with van der Waals surface area (Å²) in [6, 6.07) is 0. The quantitative estimate of drug-likeness (QED) is 0.704. The Hall–Kier alpha value is 0.450. The molecule has 0 heterocycles. The molecule has 13 heavy (non-hydrogen) atoms. The Morgan fingerprint density at radius 1 is 1.23 bits per heavy atom. The molecule has 0 aromatic rings. The van der Waals surface area contributed by atoms with Gasteiger partial charge < -0.3 is 0 Å². The first kappa shape index (κ1) is 13.4. The van der Waals surface area contributed by atoms with Crippen molar-refractivity contribution in [3.63, 3.8) is 0 Å². The zero-order valence-corrected chi connectivity index (χ0v) is 10.4. The second kappa shape index (κ2) is 4.31. The maximum Gasteiger partial charge on any atom is 0.215 e. The second-order valence-corrected chi connectivity index (χ2v) is 6.62. The van der Waals surface area contributed by atoms with Crippen LogP contribution in [0.3, 0.4) is 0 Å². The monoisotopic (exact) mass is 248 g/mol. The Morgan fingerprint density at radius 3 is 1.85 bits per heavy atom. The molecule has 0 saturated heterocycles. The minimum absolute atomic E-state index is 0.125. The van der Waals surface area contributed by atoms with E-state index in [1.807, 2.05) is 0 Å². The van der Waals surface area contributed by atoms with Crippen LogP contribution in [0, 0.1) is 0 Å². The van der Waals surface area contributed by atoms with E-state index in [9.17, 15) is 8.42 Å². The molecule has 0 aromatic carbocycles. The van der Waals surface area contributed by atoms with Gasteiger partial charge in [0.15, 0.2) is 0 Å². The van der Waals surface area contributed by atoms with Crippen molar-refractivity contribution in [2.75, 3.05) is 19.8 Å². The van der Waals surface area contributed by atoms with E-state index in [0.29, 0.717) is 0 Å². The van der Waals surface area contributed by atoms with Gasteiger partial charge in [0, 0.05) is 14.1 Å². The van der Waals surface area contributed by atoms with Gasteiger partial charge in [-0.3, -0.25) is 0 Å². The smallest absolute Gasteiger partial charge is 0.212 e. The van der Waals surface area contributed by atoms with E-state index in [2.05, 4.69) is 0 Å². The Bertz CT molecular complexity index is 262. The van der Waals surface area contributed by atoms with Gasteiger partial charge in [-0.25, -0.2) is 12.7 Å². The molecule has 0 radical (unpaired) electrons. The van der Waals surface area contributed by atoms with Gasteiger partial charge in [0.1, 0.15) is 0 Å². The number of nitrogens with zero attached hydrogens (tertiary/aromatic N) is 2. The molecule has 0 aliphatic heterocycles. The summed E-state index contributed by atoms with van der Waals surface area (Å²) in [7, 11) is -0.337. The Labute approximate surface area is 89.7 Å². The predicted octanol–water partition coefficient (Wildman–Crippen LogP) is 1.27. The van der Waals surface area contributed by atoms with Crippen molar-refractivity contribution in [3.05, 3.63) is 0 Å². The van der Waals surface area contributed by atoms with Gasteiger partial charge in [0.2, 0.25) is 10.0 Å². The van der Waals surface area contributed by atoms with Crippen LogP contribution in [-0.4, -0.2) is 42.0 Å². The molecule has 0 unspecified atom stereocenters. The van der Waals surface area contributed by atoms with E-state index in [1.54, 1.807) is 13.8 Å². The van der Waals surface area contributed by atoms with E-state index in [0.717, 1.165) is 8.24 Å². The number of hydrogen-bond acceptors (Lipinski definition) is 3. The van der Waals surface area contributed by atoms with Gasteiger partial charge in [-0.1, -0.05) is 0 Å². The summed E-state index contributed by atoms with van der Waals surface area (Å²) in [4.78, 5) is 0. The fraction of sp³-hybridized carbons (Fsp3) is 1.00. The van der Waals surface area contributed by atoms with Crippen LogP contribution in [0.25, 0.3) is 0 Å². The first-order valence-electron chi connectivity index (χ1n) is 3.61. The summed E-state index contributed by atoms with van der Waals surface area (Å²) >= 11 is 11.0. The summed E-state index contributed by atoms with van der Waals surface area (Å²) in [5.41, 5.74) is -0.799. The molecule has 0 fully saturated rings.